The lowest BCUT2D eigenvalue weighted by Gasteiger charge is -2.22. The van der Waals surface area contributed by atoms with Gasteiger partial charge in [-0.15, -0.1) is 13.2 Å². The normalized spacial score (nSPS) is 16.0. The fourth-order valence-electron chi connectivity index (χ4n) is 8.35. The number of para-hydroxylation sites is 2. The summed E-state index contributed by atoms with van der Waals surface area (Å²) in [6.07, 6.45) is 4.21. The molecule has 0 saturated heterocycles. The summed E-state index contributed by atoms with van der Waals surface area (Å²) >= 11 is 42.3. The molecule has 12 rings (SSSR count). The first-order valence-corrected chi connectivity index (χ1v) is 32.4. The molecule has 0 aromatic heterocycles. The molecule has 1 aliphatic carbocycles. The Morgan fingerprint density at radius 2 is 0.885 bits per heavy atom. The molecule has 0 spiro atoms. The minimum atomic E-state index is -4.04. The molecule has 25 nitrogen and oxygen atoms in total. The summed E-state index contributed by atoms with van der Waals surface area (Å²) in [4.78, 5) is 10.2. The topological polar surface area (TPSA) is 372 Å². The summed E-state index contributed by atoms with van der Waals surface area (Å²) in [6, 6.07) is 28.8. The molecule has 454 valence electrons. The lowest BCUT2D eigenvalue weighted by atomic mass is 10.2. The van der Waals surface area contributed by atoms with Crippen molar-refractivity contribution in [3.63, 3.8) is 0 Å². The van der Waals surface area contributed by atoms with Crippen LogP contribution in [0.3, 0.4) is 0 Å². The van der Waals surface area contributed by atoms with Crippen molar-refractivity contribution in [2.75, 3.05) is 37.2 Å². The number of fused-ring (bicyclic) bond motifs is 4. The molecular weight excluding hydrogens is 1360 g/mol. The largest absolute Gasteiger partial charge is 0.506 e. The standard InChI is InChI=1S/C13H8Cl3N3O3S.C13H9Cl2N3O3S.C13H9ClN4O3S.C12H14ClN3O3S/c14-6-4-9(20)12-10(5-6)23(21,22)19-13(18-12)17-8-3-1-2-7(15)11(8)16;14-7-5-10(19)12-11(6-7)22(20,21)18-13(17-12)16-9-4-2-1-3-8(9)15;14-8-3-1-2-4-9(8)15-13-16-12-10(19)5-7(18(20)21)6-11(12)22-17-13;13-7-5-9(17)11-10(6-7)20(18,19)16-12(15-11)14-8-3-1-2-4-8/h1-5,20H,(H2,17,18,19);1-6,19H,(H2,16,17,18);1-6,19H,(H2,15,16,17);5-6,8,17H,1-4H2,(H2,14,15,16). The summed E-state index contributed by atoms with van der Waals surface area (Å²) in [5.41, 5.74) is 1.76. The van der Waals surface area contributed by atoms with Gasteiger partial charge in [0.1, 0.15) is 54.7 Å². The van der Waals surface area contributed by atoms with E-state index in [4.69, 9.17) is 81.2 Å². The number of nitro benzene ring substituents is 1. The van der Waals surface area contributed by atoms with Crippen LogP contribution in [0.25, 0.3) is 0 Å². The van der Waals surface area contributed by atoms with Crippen molar-refractivity contribution in [2.45, 2.75) is 51.3 Å². The van der Waals surface area contributed by atoms with Gasteiger partial charge in [-0.1, -0.05) is 124 Å². The Kier molecular flexibility index (Phi) is 19.4. The average molecular weight is 1400 g/mol. The summed E-state index contributed by atoms with van der Waals surface area (Å²) in [6.45, 7) is 0. The summed E-state index contributed by atoms with van der Waals surface area (Å²) in [7, 11) is -11.9. The van der Waals surface area contributed by atoms with E-state index >= 15 is 0 Å². The molecule has 0 amide bonds. The van der Waals surface area contributed by atoms with Crippen LogP contribution in [0.15, 0.2) is 152 Å². The Balaban J connectivity index is 0.000000138. The Hall–Kier alpha value is -7.55. The molecule has 0 radical (unpaired) electrons. The minimum Gasteiger partial charge on any atom is -0.506 e. The number of sulfonamides is 3. The van der Waals surface area contributed by atoms with Gasteiger partial charge in [0.05, 0.1) is 58.7 Å². The quantitative estimate of drug-likeness (QED) is 0.0330. The molecule has 12 N–H and O–H groups in total. The highest BCUT2D eigenvalue weighted by atomic mass is 35.5. The van der Waals surface area contributed by atoms with E-state index in [1.54, 1.807) is 60.7 Å². The molecule has 4 aliphatic heterocycles. The summed E-state index contributed by atoms with van der Waals surface area (Å²) in [5.74, 6) is -0.710. The van der Waals surface area contributed by atoms with Crippen molar-refractivity contribution in [2.24, 2.45) is 17.6 Å². The third-order valence-corrected chi connectivity index (χ3v) is 19.1. The van der Waals surface area contributed by atoms with Gasteiger partial charge < -0.3 is 63.0 Å². The van der Waals surface area contributed by atoms with Crippen LogP contribution in [0.4, 0.5) is 45.5 Å². The maximum Gasteiger partial charge on any atom is 0.287 e. The number of phenols is 4. The number of halogens is 7. The second-order valence-electron chi connectivity index (χ2n) is 18.3. The third-order valence-electron chi connectivity index (χ3n) is 12.2. The van der Waals surface area contributed by atoms with Crippen molar-refractivity contribution in [1.82, 2.24) is 5.32 Å². The number of guanidine groups is 4. The predicted molar refractivity (Wildman–Crippen MR) is 341 cm³/mol. The molecule has 4 heterocycles. The van der Waals surface area contributed by atoms with E-state index in [1.165, 1.54) is 42.5 Å². The molecule has 36 heteroatoms. The number of nitro groups is 1. The second-order valence-corrected chi connectivity index (χ2v) is 26.8. The van der Waals surface area contributed by atoms with Gasteiger partial charge in [-0.05, 0) is 67.4 Å². The number of hydrogen-bond acceptors (Lipinski definition) is 22. The predicted octanol–water partition coefficient (Wildman–Crippen LogP) is 13.1. The van der Waals surface area contributed by atoms with Crippen LogP contribution in [-0.4, -0.2) is 80.5 Å². The number of anilines is 7. The first-order valence-electron chi connectivity index (χ1n) is 24.6. The zero-order valence-electron chi connectivity index (χ0n) is 43.4. The Morgan fingerprint density at radius 1 is 0.494 bits per heavy atom. The zero-order chi connectivity index (χ0) is 62.7. The van der Waals surface area contributed by atoms with Crippen LogP contribution in [0.5, 0.6) is 23.0 Å². The second kappa shape index (κ2) is 26.4. The van der Waals surface area contributed by atoms with Gasteiger partial charge >= 0.3 is 0 Å². The summed E-state index contributed by atoms with van der Waals surface area (Å²) in [5, 5.41) is 74.8. The average Bonchev–Trinajstić information content (AvgIpc) is 1.26. The first-order chi connectivity index (χ1) is 41.1. The lowest BCUT2D eigenvalue weighted by Crippen LogP contribution is -2.40. The Bertz CT molecular complexity index is 4430. The summed E-state index contributed by atoms with van der Waals surface area (Å²) < 4.78 is 88.2. The molecule has 1 saturated carbocycles. The maximum atomic E-state index is 12.2. The van der Waals surface area contributed by atoms with Crippen LogP contribution in [0.1, 0.15) is 25.7 Å². The van der Waals surface area contributed by atoms with Gasteiger partial charge in [0, 0.05) is 57.3 Å². The number of phenolic OH excluding ortho intramolecular Hbond substituents is 4. The third kappa shape index (κ3) is 15.2. The van der Waals surface area contributed by atoms with E-state index in [-0.39, 0.29) is 104 Å². The van der Waals surface area contributed by atoms with Crippen LogP contribution in [-0.2, 0) is 30.1 Å². The molecule has 0 unspecified atom stereocenters. The highest BCUT2D eigenvalue weighted by molar-refractivity contribution is 7.98. The van der Waals surface area contributed by atoms with Crippen molar-refractivity contribution in [3.8, 4) is 23.0 Å². The zero-order valence-corrected chi connectivity index (χ0v) is 52.0. The Morgan fingerprint density at radius 3 is 1.36 bits per heavy atom. The lowest BCUT2D eigenvalue weighted by molar-refractivity contribution is -0.385. The number of nitrogens with one attached hydrogen (secondary N) is 8. The minimum absolute atomic E-state index is 0.00829. The van der Waals surface area contributed by atoms with Crippen LogP contribution >= 0.6 is 93.2 Å². The number of hydrogen-bond donors (Lipinski definition) is 12. The number of benzene rings is 7. The number of nitrogens with zero attached hydrogens (tertiary/aromatic N) is 5. The Labute approximate surface area is 534 Å². The molecule has 0 atom stereocenters. The number of non-ortho nitro benzene ring substituents is 1. The van der Waals surface area contributed by atoms with E-state index in [1.807, 2.05) is 6.07 Å². The fourth-order valence-corrected chi connectivity index (χ4v) is 14.0. The molecule has 87 heavy (non-hydrogen) atoms. The van der Waals surface area contributed by atoms with Gasteiger partial charge in [-0.25, -0.2) is 0 Å². The fraction of sp³-hybridized carbons (Fsp3) is 0.0980. The van der Waals surface area contributed by atoms with Crippen LogP contribution in [0.2, 0.25) is 35.2 Å². The van der Waals surface area contributed by atoms with Gasteiger partial charge in [-0.2, -0.15) is 29.7 Å². The van der Waals surface area contributed by atoms with E-state index < -0.39 is 35.0 Å². The van der Waals surface area contributed by atoms with E-state index in [9.17, 15) is 55.8 Å². The molecular formula is C51H40Cl7N13O12S4. The van der Waals surface area contributed by atoms with Crippen molar-refractivity contribution in [1.29, 1.82) is 0 Å². The van der Waals surface area contributed by atoms with E-state index in [2.05, 4.69) is 60.1 Å². The van der Waals surface area contributed by atoms with Crippen molar-refractivity contribution >= 4 is 193 Å². The van der Waals surface area contributed by atoms with Gasteiger partial charge in [0.25, 0.3) is 35.8 Å². The molecule has 7 aromatic rings. The highest BCUT2D eigenvalue weighted by Crippen LogP contribution is 2.44. The highest BCUT2D eigenvalue weighted by Gasteiger charge is 2.32. The van der Waals surface area contributed by atoms with Crippen LogP contribution in [0, 0.1) is 10.1 Å². The van der Waals surface area contributed by atoms with Gasteiger partial charge in [-0.3, -0.25) is 10.1 Å². The maximum absolute atomic E-state index is 12.2. The van der Waals surface area contributed by atoms with Gasteiger partial charge in [0.15, 0.2) is 0 Å². The number of rotatable bonds is 5. The van der Waals surface area contributed by atoms with E-state index in [0.29, 0.717) is 48.7 Å². The molecule has 1 fully saturated rings. The van der Waals surface area contributed by atoms with Crippen LogP contribution < -0.4 is 42.5 Å². The first kappa shape index (κ1) is 63.9. The molecule has 7 aromatic carbocycles. The molecule has 5 aliphatic rings. The van der Waals surface area contributed by atoms with Crippen molar-refractivity contribution in [3.05, 3.63) is 161 Å². The van der Waals surface area contributed by atoms with Gasteiger partial charge in [0.2, 0.25) is 23.8 Å². The van der Waals surface area contributed by atoms with Crippen molar-refractivity contribution < 1.29 is 50.6 Å². The van der Waals surface area contributed by atoms with E-state index in [0.717, 1.165) is 43.7 Å². The SMILES string of the molecule is O=S1(=O)N=C(NC2CCCC2)Nc2c(O)cc(Cl)cc21.O=S1(=O)N=C(Nc2cccc(Cl)c2Cl)Nc2c(O)cc(Cl)cc21.O=S1(=O)N=C(Nc2ccccc2Cl)Nc2c(O)cc(Cl)cc21.O=[N+]([O-])c1cc(O)c2c(c1)SN=C(Nc1ccccc1Cl)N2. The monoisotopic (exact) mass is 1400 g/mol. The smallest absolute Gasteiger partial charge is 0.287 e. The molecule has 0 bridgehead atoms. The number of aromatic hydroxyl groups is 4.